The molecule has 3 nitrogen and oxygen atoms in total. The van der Waals surface area contributed by atoms with Crippen LogP contribution in [0.15, 0.2) is 69.8 Å². The van der Waals surface area contributed by atoms with Gasteiger partial charge < -0.3 is 5.73 Å². The molecule has 0 saturated heterocycles. The first kappa shape index (κ1) is 22.6. The lowest BCUT2D eigenvalue weighted by atomic mass is 9.98. The molecule has 0 aromatic heterocycles. The molecule has 0 bridgehead atoms. The molecule has 0 heterocycles. The van der Waals surface area contributed by atoms with E-state index in [0.717, 1.165) is 41.6 Å². The molecule has 0 saturated carbocycles. The number of nitrogens with zero attached hydrogens (tertiary/aromatic N) is 2. The summed E-state index contributed by atoms with van der Waals surface area (Å²) in [7, 11) is 0. The monoisotopic (exact) mass is 447 g/mol. The Labute approximate surface area is 193 Å². The highest BCUT2D eigenvalue weighted by atomic mass is 35.5. The molecule has 0 atom stereocenters. The van der Waals surface area contributed by atoms with E-state index in [1.807, 2.05) is 36.4 Å². The van der Waals surface area contributed by atoms with Crippen molar-refractivity contribution < 1.29 is 0 Å². The Morgan fingerprint density at radius 3 is 2.16 bits per heavy atom. The Morgan fingerprint density at radius 1 is 1.06 bits per heavy atom. The van der Waals surface area contributed by atoms with Gasteiger partial charge in [0.15, 0.2) is 0 Å². The molecular weight excluding hydrogens is 425 g/mol. The Hall–Kier alpha value is -3.06. The van der Waals surface area contributed by atoms with Crippen molar-refractivity contribution in [2.75, 3.05) is 0 Å². The van der Waals surface area contributed by atoms with Crippen LogP contribution in [0.3, 0.4) is 0 Å². The van der Waals surface area contributed by atoms with E-state index in [1.165, 1.54) is 23.6 Å². The summed E-state index contributed by atoms with van der Waals surface area (Å²) in [4.78, 5) is 8.46. The maximum Gasteiger partial charge on any atom is 0.0864 e. The minimum Gasteiger partial charge on any atom is -0.403 e. The highest BCUT2D eigenvalue weighted by molar-refractivity contribution is 6.38. The van der Waals surface area contributed by atoms with E-state index < -0.39 is 0 Å². The molecule has 0 amide bonds. The third kappa shape index (κ3) is 4.82. The average Bonchev–Trinajstić information content (AvgIpc) is 3.18. The van der Waals surface area contributed by atoms with Gasteiger partial charge in [-0.1, -0.05) is 71.1 Å². The fourth-order valence-electron chi connectivity index (χ4n) is 3.67. The SMILES string of the molecule is C#CC=N/C(=C\C1=C(C)CCC1)c1cccc(-c2cccc(/C(=C/N)N=C)c2Cl)c1Cl. The van der Waals surface area contributed by atoms with Gasteiger partial charge in [-0.05, 0) is 44.6 Å². The summed E-state index contributed by atoms with van der Waals surface area (Å²) in [6, 6.07) is 11.4. The maximum absolute atomic E-state index is 6.89. The van der Waals surface area contributed by atoms with E-state index in [4.69, 9.17) is 35.4 Å². The van der Waals surface area contributed by atoms with Crippen LogP contribution in [0, 0.1) is 12.3 Å². The predicted octanol–water partition coefficient (Wildman–Crippen LogP) is 7.16. The number of hydrogen-bond donors (Lipinski definition) is 1. The Morgan fingerprint density at radius 2 is 1.68 bits per heavy atom. The summed E-state index contributed by atoms with van der Waals surface area (Å²) < 4.78 is 0. The smallest absolute Gasteiger partial charge is 0.0864 e. The van der Waals surface area contributed by atoms with Crippen LogP contribution in [-0.2, 0) is 0 Å². The van der Waals surface area contributed by atoms with Crippen molar-refractivity contribution in [1.82, 2.24) is 0 Å². The maximum atomic E-state index is 6.89. The van der Waals surface area contributed by atoms with Gasteiger partial charge in [0.05, 0.1) is 27.7 Å². The van der Waals surface area contributed by atoms with Crippen molar-refractivity contribution >= 4 is 47.5 Å². The summed E-state index contributed by atoms with van der Waals surface area (Å²) in [5.74, 6) is 2.46. The lowest BCUT2D eigenvalue weighted by molar-refractivity contribution is 0.899. The molecule has 0 fully saturated rings. The van der Waals surface area contributed by atoms with E-state index in [0.29, 0.717) is 21.3 Å². The number of benzene rings is 2. The molecule has 1 aliphatic rings. The molecule has 156 valence electrons. The normalized spacial score (nSPS) is 14.9. The van der Waals surface area contributed by atoms with Gasteiger partial charge in [-0.15, -0.1) is 6.42 Å². The largest absolute Gasteiger partial charge is 0.403 e. The van der Waals surface area contributed by atoms with Crippen LogP contribution < -0.4 is 5.73 Å². The molecule has 0 aliphatic heterocycles. The van der Waals surface area contributed by atoms with Crippen LogP contribution in [0.4, 0.5) is 0 Å². The zero-order valence-corrected chi connectivity index (χ0v) is 18.8. The second-order valence-corrected chi connectivity index (χ2v) is 7.91. The molecule has 0 radical (unpaired) electrons. The summed E-state index contributed by atoms with van der Waals surface area (Å²) in [6.45, 7) is 5.72. The van der Waals surface area contributed by atoms with Crippen molar-refractivity contribution in [2.45, 2.75) is 26.2 Å². The minimum absolute atomic E-state index is 0.498. The van der Waals surface area contributed by atoms with Gasteiger partial charge in [0.1, 0.15) is 0 Å². The molecule has 0 spiro atoms. The van der Waals surface area contributed by atoms with Crippen LogP contribution in [0.1, 0.15) is 37.3 Å². The molecule has 5 heteroatoms. The summed E-state index contributed by atoms with van der Waals surface area (Å²) in [5.41, 5.74) is 12.6. The molecule has 2 aromatic carbocycles. The fraction of sp³-hybridized carbons (Fsp3) is 0.154. The van der Waals surface area contributed by atoms with Gasteiger partial charge in [-0.2, -0.15) is 0 Å². The van der Waals surface area contributed by atoms with Crippen molar-refractivity contribution in [3.8, 4) is 23.5 Å². The first-order valence-electron chi connectivity index (χ1n) is 9.87. The van der Waals surface area contributed by atoms with Gasteiger partial charge >= 0.3 is 0 Å². The number of halogens is 2. The minimum atomic E-state index is 0.498. The molecule has 2 aromatic rings. The van der Waals surface area contributed by atoms with E-state index in [1.54, 1.807) is 0 Å². The number of terminal acetylenes is 1. The molecule has 1 aliphatic carbocycles. The van der Waals surface area contributed by atoms with Crippen LogP contribution in [0.2, 0.25) is 10.0 Å². The standard InChI is InChI=1S/C26H23Cl2N3/c1-4-14-31-23(15-18-9-5-8-17(18)2)21-12-6-10-19(25(21)27)20-11-7-13-22(26(20)28)24(16-29)30-3/h1,6-7,10-16H,3,5,8-9,29H2,2H3/b23-15-,24-16-,31-14?. The van der Waals surface area contributed by atoms with E-state index in [2.05, 4.69) is 35.6 Å². The molecule has 31 heavy (non-hydrogen) atoms. The molecular formula is C26H23Cl2N3. The van der Waals surface area contributed by atoms with Crippen LogP contribution in [0.5, 0.6) is 0 Å². The third-order valence-electron chi connectivity index (χ3n) is 5.30. The lowest BCUT2D eigenvalue weighted by Gasteiger charge is -2.14. The van der Waals surface area contributed by atoms with E-state index >= 15 is 0 Å². The fourth-order valence-corrected chi connectivity index (χ4v) is 4.32. The van der Waals surface area contributed by atoms with Crippen molar-refractivity contribution in [1.29, 1.82) is 0 Å². The number of rotatable bonds is 6. The highest BCUT2D eigenvalue weighted by Crippen LogP contribution is 2.41. The number of aliphatic imine (C=N–C) groups is 2. The quantitative estimate of drug-likeness (QED) is 0.370. The lowest BCUT2D eigenvalue weighted by Crippen LogP contribution is -1.93. The zero-order valence-electron chi connectivity index (χ0n) is 17.3. The number of allylic oxidation sites excluding steroid dienone is 3. The van der Waals surface area contributed by atoms with Gasteiger partial charge in [-0.3, -0.25) is 4.99 Å². The molecule has 3 rings (SSSR count). The van der Waals surface area contributed by atoms with Crippen LogP contribution in [0.25, 0.3) is 22.5 Å². The first-order chi connectivity index (χ1) is 15.0. The second-order valence-electron chi connectivity index (χ2n) is 7.16. The van der Waals surface area contributed by atoms with Gasteiger partial charge in [0, 0.05) is 28.5 Å². The second kappa shape index (κ2) is 10.3. The number of hydrogen-bond acceptors (Lipinski definition) is 3. The Balaban J connectivity index is 2.18. The van der Waals surface area contributed by atoms with Crippen LogP contribution >= 0.6 is 23.2 Å². The Kier molecular flexibility index (Phi) is 7.52. The van der Waals surface area contributed by atoms with Gasteiger partial charge in [-0.25, -0.2) is 4.99 Å². The Bertz CT molecular complexity index is 1180. The summed E-state index contributed by atoms with van der Waals surface area (Å²) in [5, 5.41) is 1.04. The predicted molar refractivity (Wildman–Crippen MR) is 135 cm³/mol. The number of nitrogens with two attached hydrogens (primary N) is 1. The topological polar surface area (TPSA) is 50.7 Å². The van der Waals surface area contributed by atoms with Crippen molar-refractivity contribution in [3.05, 3.63) is 81.0 Å². The molecule has 0 unspecified atom stereocenters. The van der Waals surface area contributed by atoms with E-state index in [9.17, 15) is 0 Å². The summed E-state index contributed by atoms with van der Waals surface area (Å²) >= 11 is 13.6. The van der Waals surface area contributed by atoms with Crippen molar-refractivity contribution in [3.63, 3.8) is 0 Å². The average molecular weight is 448 g/mol. The molecule has 2 N–H and O–H groups in total. The first-order valence-corrected chi connectivity index (χ1v) is 10.6. The van der Waals surface area contributed by atoms with Crippen LogP contribution in [-0.4, -0.2) is 12.9 Å². The van der Waals surface area contributed by atoms with E-state index in [-0.39, 0.29) is 0 Å². The van der Waals surface area contributed by atoms with Gasteiger partial charge in [0.25, 0.3) is 0 Å². The third-order valence-corrected chi connectivity index (χ3v) is 6.12. The van der Waals surface area contributed by atoms with Crippen molar-refractivity contribution in [2.24, 2.45) is 15.7 Å². The summed E-state index contributed by atoms with van der Waals surface area (Å²) in [6.07, 6.45) is 13.6. The van der Waals surface area contributed by atoms with Gasteiger partial charge in [0.2, 0.25) is 0 Å². The zero-order chi connectivity index (χ0) is 22.4. The highest BCUT2D eigenvalue weighted by Gasteiger charge is 2.17.